The first kappa shape index (κ1) is 15.0. The van der Waals surface area contributed by atoms with Gasteiger partial charge in [-0.2, -0.15) is 0 Å². The van der Waals surface area contributed by atoms with Crippen LogP contribution in [-0.2, 0) is 0 Å². The third-order valence-corrected chi connectivity index (χ3v) is 4.11. The minimum absolute atomic E-state index is 0.700. The molecule has 2 atom stereocenters. The molecule has 2 unspecified atom stereocenters. The average Bonchev–Trinajstić information content (AvgIpc) is 2.72. The molecule has 1 aliphatic heterocycles. The van der Waals surface area contributed by atoms with Crippen LogP contribution in [0, 0.1) is 0 Å². The molecule has 17 heavy (non-hydrogen) atoms. The lowest BCUT2D eigenvalue weighted by atomic mass is 10.1. The first-order chi connectivity index (χ1) is 8.24. The lowest BCUT2D eigenvalue weighted by Crippen LogP contribution is -2.39. The third-order valence-electron chi connectivity index (χ3n) is 4.11. The fourth-order valence-corrected chi connectivity index (χ4v) is 2.73. The molecule has 1 saturated heterocycles. The standard InChI is InChI=1S/C15H32N2/c1-4-5-6-7-8-10-14(2)16-13-15-11-9-12-17(15)3/h14-16H,4-13H2,1-3H3. The summed E-state index contributed by atoms with van der Waals surface area (Å²) in [6, 6.07) is 1.49. The Morgan fingerprint density at radius 1 is 1.24 bits per heavy atom. The minimum Gasteiger partial charge on any atom is -0.313 e. The summed E-state index contributed by atoms with van der Waals surface area (Å²) in [6.07, 6.45) is 11.1. The summed E-state index contributed by atoms with van der Waals surface area (Å²) >= 11 is 0. The van der Waals surface area contributed by atoms with E-state index in [-0.39, 0.29) is 0 Å². The zero-order valence-corrected chi connectivity index (χ0v) is 12.2. The summed E-state index contributed by atoms with van der Waals surface area (Å²) in [5.74, 6) is 0. The summed E-state index contributed by atoms with van der Waals surface area (Å²) in [4.78, 5) is 2.50. The molecular weight excluding hydrogens is 208 g/mol. The fraction of sp³-hybridized carbons (Fsp3) is 1.00. The van der Waals surface area contributed by atoms with Crippen LogP contribution in [-0.4, -0.2) is 37.1 Å². The van der Waals surface area contributed by atoms with Gasteiger partial charge in [-0.15, -0.1) is 0 Å². The van der Waals surface area contributed by atoms with E-state index in [9.17, 15) is 0 Å². The highest BCUT2D eigenvalue weighted by atomic mass is 15.2. The van der Waals surface area contributed by atoms with Gasteiger partial charge in [0.1, 0.15) is 0 Å². The van der Waals surface area contributed by atoms with Crippen molar-refractivity contribution in [2.45, 2.75) is 77.3 Å². The molecule has 102 valence electrons. The molecular formula is C15H32N2. The molecule has 0 aromatic heterocycles. The SMILES string of the molecule is CCCCCCCC(C)NCC1CCCN1C. The quantitative estimate of drug-likeness (QED) is 0.621. The van der Waals surface area contributed by atoms with Crippen LogP contribution in [0.25, 0.3) is 0 Å². The molecule has 0 bridgehead atoms. The monoisotopic (exact) mass is 240 g/mol. The molecule has 0 radical (unpaired) electrons. The van der Waals surface area contributed by atoms with Crippen molar-refractivity contribution < 1.29 is 0 Å². The smallest absolute Gasteiger partial charge is 0.0218 e. The van der Waals surface area contributed by atoms with E-state index in [0.29, 0.717) is 6.04 Å². The second-order valence-electron chi connectivity index (χ2n) is 5.79. The van der Waals surface area contributed by atoms with Crippen molar-refractivity contribution in [3.8, 4) is 0 Å². The number of nitrogens with zero attached hydrogens (tertiary/aromatic N) is 1. The topological polar surface area (TPSA) is 15.3 Å². The highest BCUT2D eigenvalue weighted by molar-refractivity contribution is 4.79. The van der Waals surface area contributed by atoms with Gasteiger partial charge in [0, 0.05) is 18.6 Å². The summed E-state index contributed by atoms with van der Waals surface area (Å²) < 4.78 is 0. The molecule has 0 aliphatic carbocycles. The first-order valence-electron chi connectivity index (χ1n) is 7.67. The van der Waals surface area contributed by atoms with Crippen molar-refractivity contribution in [1.29, 1.82) is 0 Å². The number of hydrogen-bond acceptors (Lipinski definition) is 2. The number of hydrogen-bond donors (Lipinski definition) is 1. The van der Waals surface area contributed by atoms with Gasteiger partial charge in [-0.25, -0.2) is 0 Å². The van der Waals surface area contributed by atoms with E-state index < -0.39 is 0 Å². The Morgan fingerprint density at radius 2 is 2.00 bits per heavy atom. The zero-order chi connectivity index (χ0) is 12.5. The van der Waals surface area contributed by atoms with E-state index in [1.54, 1.807) is 0 Å². The maximum Gasteiger partial charge on any atom is 0.0218 e. The molecule has 1 N–H and O–H groups in total. The van der Waals surface area contributed by atoms with Gasteiger partial charge in [0.05, 0.1) is 0 Å². The Bertz CT molecular complexity index is 182. The Labute approximate surface area is 108 Å². The van der Waals surface area contributed by atoms with Gasteiger partial charge in [-0.3, -0.25) is 0 Å². The summed E-state index contributed by atoms with van der Waals surface area (Å²) in [5, 5.41) is 3.70. The summed E-state index contributed by atoms with van der Waals surface area (Å²) in [7, 11) is 2.26. The molecule has 0 aromatic carbocycles. The minimum atomic E-state index is 0.700. The lowest BCUT2D eigenvalue weighted by molar-refractivity contribution is 0.290. The van der Waals surface area contributed by atoms with E-state index in [1.807, 2.05) is 0 Å². The van der Waals surface area contributed by atoms with Crippen molar-refractivity contribution in [2.75, 3.05) is 20.1 Å². The molecule has 1 fully saturated rings. The van der Waals surface area contributed by atoms with E-state index in [0.717, 1.165) is 6.04 Å². The summed E-state index contributed by atoms with van der Waals surface area (Å²) in [5.41, 5.74) is 0. The van der Waals surface area contributed by atoms with Crippen molar-refractivity contribution in [3.05, 3.63) is 0 Å². The van der Waals surface area contributed by atoms with Crippen LogP contribution in [0.2, 0.25) is 0 Å². The fourth-order valence-electron chi connectivity index (χ4n) is 2.73. The molecule has 2 heteroatoms. The van der Waals surface area contributed by atoms with E-state index in [2.05, 4.69) is 31.1 Å². The number of rotatable bonds is 9. The van der Waals surface area contributed by atoms with Gasteiger partial charge in [-0.05, 0) is 39.8 Å². The van der Waals surface area contributed by atoms with Gasteiger partial charge in [0.2, 0.25) is 0 Å². The molecule has 1 rings (SSSR count). The van der Waals surface area contributed by atoms with Crippen molar-refractivity contribution >= 4 is 0 Å². The van der Waals surface area contributed by atoms with Crippen LogP contribution in [0.5, 0.6) is 0 Å². The van der Waals surface area contributed by atoms with Gasteiger partial charge in [0.25, 0.3) is 0 Å². The molecule has 0 saturated carbocycles. The van der Waals surface area contributed by atoms with Gasteiger partial charge in [-0.1, -0.05) is 39.0 Å². The van der Waals surface area contributed by atoms with E-state index in [1.165, 1.54) is 64.5 Å². The average molecular weight is 240 g/mol. The van der Waals surface area contributed by atoms with Crippen LogP contribution >= 0.6 is 0 Å². The van der Waals surface area contributed by atoms with Crippen molar-refractivity contribution in [1.82, 2.24) is 10.2 Å². The molecule has 1 heterocycles. The predicted octanol–water partition coefficient (Wildman–Crippen LogP) is 3.42. The summed E-state index contributed by atoms with van der Waals surface area (Å²) in [6.45, 7) is 7.10. The van der Waals surface area contributed by atoms with E-state index in [4.69, 9.17) is 0 Å². The van der Waals surface area contributed by atoms with Gasteiger partial charge in [0.15, 0.2) is 0 Å². The number of unbranched alkanes of at least 4 members (excludes halogenated alkanes) is 4. The van der Waals surface area contributed by atoms with Crippen molar-refractivity contribution in [3.63, 3.8) is 0 Å². The number of likely N-dealkylation sites (N-methyl/N-ethyl adjacent to an activating group) is 1. The van der Waals surface area contributed by atoms with Crippen LogP contribution in [0.3, 0.4) is 0 Å². The van der Waals surface area contributed by atoms with Crippen molar-refractivity contribution in [2.24, 2.45) is 0 Å². The Kier molecular flexibility index (Phi) is 7.87. The molecule has 0 amide bonds. The molecule has 0 aromatic rings. The van der Waals surface area contributed by atoms with Gasteiger partial charge < -0.3 is 10.2 Å². The highest BCUT2D eigenvalue weighted by Crippen LogP contribution is 2.14. The number of nitrogens with one attached hydrogen (secondary N) is 1. The molecule has 1 aliphatic rings. The first-order valence-corrected chi connectivity index (χ1v) is 7.67. The Balaban J connectivity index is 1.95. The second-order valence-corrected chi connectivity index (χ2v) is 5.79. The molecule has 0 spiro atoms. The van der Waals surface area contributed by atoms with Crippen LogP contribution in [0.1, 0.15) is 65.2 Å². The Morgan fingerprint density at radius 3 is 2.65 bits per heavy atom. The van der Waals surface area contributed by atoms with Crippen LogP contribution in [0.4, 0.5) is 0 Å². The zero-order valence-electron chi connectivity index (χ0n) is 12.2. The normalized spacial score (nSPS) is 23.1. The lowest BCUT2D eigenvalue weighted by Gasteiger charge is -2.22. The van der Waals surface area contributed by atoms with Gasteiger partial charge >= 0.3 is 0 Å². The highest BCUT2D eigenvalue weighted by Gasteiger charge is 2.20. The van der Waals surface area contributed by atoms with Crippen LogP contribution in [0.15, 0.2) is 0 Å². The maximum atomic E-state index is 3.70. The third kappa shape index (κ3) is 6.42. The number of likely N-dealkylation sites (tertiary alicyclic amines) is 1. The maximum absolute atomic E-state index is 3.70. The Hall–Kier alpha value is -0.0800. The van der Waals surface area contributed by atoms with Crippen LogP contribution < -0.4 is 5.32 Å². The van der Waals surface area contributed by atoms with E-state index >= 15 is 0 Å². The second kappa shape index (κ2) is 8.93. The largest absolute Gasteiger partial charge is 0.313 e. The predicted molar refractivity (Wildman–Crippen MR) is 76.5 cm³/mol. The molecule has 2 nitrogen and oxygen atoms in total.